The second-order valence-electron chi connectivity index (χ2n) is 5.64. The first-order valence-electron chi connectivity index (χ1n) is 7.84. The summed E-state index contributed by atoms with van der Waals surface area (Å²) in [7, 11) is 1.67. The molecule has 24 heavy (non-hydrogen) atoms. The standard InChI is InChI=1S/C16H18N4O3S/c1-17-12-8-7-10(20(22)23)9-11(12)15(21)19-16-18-13-5-3-2-4-6-14(13)24-16/h7-9,17H,2-6H2,1H3,(H,18,19,21). The SMILES string of the molecule is CNc1ccc([N+](=O)[O-])cc1C(=O)Nc1nc2c(s1)CCCCC2. The molecule has 0 unspecified atom stereocenters. The van der Waals surface area contributed by atoms with Crippen molar-refractivity contribution >= 4 is 33.8 Å². The summed E-state index contributed by atoms with van der Waals surface area (Å²) in [5, 5.41) is 17.2. The summed E-state index contributed by atoms with van der Waals surface area (Å²) in [6.45, 7) is 0. The quantitative estimate of drug-likeness (QED) is 0.501. The van der Waals surface area contributed by atoms with Gasteiger partial charge in [-0.1, -0.05) is 6.42 Å². The topological polar surface area (TPSA) is 97.2 Å². The van der Waals surface area contributed by atoms with E-state index in [-0.39, 0.29) is 11.3 Å². The normalized spacial score (nSPS) is 13.7. The summed E-state index contributed by atoms with van der Waals surface area (Å²) in [5.41, 5.74) is 1.73. The van der Waals surface area contributed by atoms with Gasteiger partial charge in [-0.3, -0.25) is 20.2 Å². The van der Waals surface area contributed by atoms with E-state index < -0.39 is 10.8 Å². The largest absolute Gasteiger partial charge is 0.387 e. The van der Waals surface area contributed by atoms with Gasteiger partial charge in [-0.25, -0.2) is 4.98 Å². The number of thiazole rings is 1. The van der Waals surface area contributed by atoms with E-state index in [4.69, 9.17) is 0 Å². The minimum absolute atomic E-state index is 0.117. The number of non-ortho nitro benzene ring substituents is 1. The van der Waals surface area contributed by atoms with Crippen LogP contribution in [0, 0.1) is 10.1 Å². The summed E-state index contributed by atoms with van der Waals surface area (Å²) in [5.74, 6) is -0.396. The molecule has 1 heterocycles. The van der Waals surface area contributed by atoms with Gasteiger partial charge >= 0.3 is 0 Å². The van der Waals surface area contributed by atoms with Crippen LogP contribution in [0.1, 0.15) is 40.2 Å². The van der Waals surface area contributed by atoms with Gasteiger partial charge in [-0.05, 0) is 31.7 Å². The number of nitrogens with one attached hydrogen (secondary N) is 2. The number of carbonyl (C=O) groups excluding carboxylic acids is 1. The Morgan fingerprint density at radius 2 is 2.08 bits per heavy atom. The molecule has 2 N–H and O–H groups in total. The summed E-state index contributed by atoms with van der Waals surface area (Å²) >= 11 is 1.50. The van der Waals surface area contributed by atoms with Gasteiger partial charge in [0.1, 0.15) is 0 Å². The fourth-order valence-electron chi connectivity index (χ4n) is 2.80. The lowest BCUT2D eigenvalue weighted by Crippen LogP contribution is -2.14. The summed E-state index contributed by atoms with van der Waals surface area (Å²) in [4.78, 5) is 28.7. The van der Waals surface area contributed by atoms with Crippen LogP contribution in [0.4, 0.5) is 16.5 Å². The van der Waals surface area contributed by atoms with Crippen LogP contribution in [-0.4, -0.2) is 22.9 Å². The van der Waals surface area contributed by atoms with Crippen molar-refractivity contribution in [3.8, 4) is 0 Å². The Kier molecular flexibility index (Phi) is 4.75. The molecule has 1 amide bonds. The monoisotopic (exact) mass is 346 g/mol. The molecule has 1 aromatic heterocycles. The zero-order chi connectivity index (χ0) is 17.1. The molecule has 7 nitrogen and oxygen atoms in total. The first kappa shape index (κ1) is 16.4. The zero-order valence-electron chi connectivity index (χ0n) is 13.3. The maximum absolute atomic E-state index is 12.5. The van der Waals surface area contributed by atoms with E-state index in [1.165, 1.54) is 40.8 Å². The zero-order valence-corrected chi connectivity index (χ0v) is 14.1. The predicted octanol–water partition coefficient (Wildman–Crippen LogP) is 3.61. The minimum atomic E-state index is -0.512. The molecule has 126 valence electrons. The van der Waals surface area contributed by atoms with Crippen LogP contribution in [0.25, 0.3) is 0 Å². The third kappa shape index (κ3) is 3.38. The van der Waals surface area contributed by atoms with Crippen molar-refractivity contribution in [2.24, 2.45) is 0 Å². The molecule has 8 heteroatoms. The van der Waals surface area contributed by atoms with E-state index in [0.29, 0.717) is 10.8 Å². The van der Waals surface area contributed by atoms with Gasteiger partial charge in [0.25, 0.3) is 11.6 Å². The number of aryl methyl sites for hydroxylation is 2. The second kappa shape index (κ2) is 6.96. The number of nitro groups is 1. The fraction of sp³-hybridized carbons (Fsp3) is 0.375. The van der Waals surface area contributed by atoms with Crippen LogP contribution in [0.2, 0.25) is 0 Å². The Labute approximate surface area is 143 Å². The Morgan fingerprint density at radius 1 is 1.29 bits per heavy atom. The Hall–Kier alpha value is -2.48. The molecule has 1 aliphatic carbocycles. The van der Waals surface area contributed by atoms with Crippen molar-refractivity contribution in [1.29, 1.82) is 0 Å². The van der Waals surface area contributed by atoms with Gasteiger partial charge in [0.05, 0.1) is 16.2 Å². The molecule has 3 rings (SSSR count). The molecule has 0 fully saturated rings. The number of anilines is 2. The van der Waals surface area contributed by atoms with Gasteiger partial charge in [0.2, 0.25) is 0 Å². The lowest BCUT2D eigenvalue weighted by atomic mass is 10.1. The number of fused-ring (bicyclic) bond motifs is 1. The summed E-state index contributed by atoms with van der Waals surface area (Å²) in [6, 6.07) is 4.18. The van der Waals surface area contributed by atoms with Crippen LogP contribution in [-0.2, 0) is 12.8 Å². The molecular weight excluding hydrogens is 328 g/mol. The molecule has 0 aliphatic heterocycles. The lowest BCUT2D eigenvalue weighted by molar-refractivity contribution is -0.384. The number of aromatic nitrogens is 1. The maximum Gasteiger partial charge on any atom is 0.270 e. The number of carbonyl (C=O) groups is 1. The van der Waals surface area contributed by atoms with Gasteiger partial charge in [0, 0.05) is 29.7 Å². The van der Waals surface area contributed by atoms with E-state index in [0.717, 1.165) is 31.4 Å². The third-order valence-electron chi connectivity index (χ3n) is 4.04. The molecule has 0 radical (unpaired) electrons. The minimum Gasteiger partial charge on any atom is -0.387 e. The van der Waals surface area contributed by atoms with E-state index in [1.54, 1.807) is 7.05 Å². The molecule has 0 spiro atoms. The fourth-order valence-corrected chi connectivity index (χ4v) is 3.84. The Balaban J connectivity index is 1.84. The molecule has 0 bridgehead atoms. The molecular formula is C16H18N4O3S. The molecule has 0 saturated heterocycles. The third-order valence-corrected chi connectivity index (χ3v) is 5.12. The van der Waals surface area contributed by atoms with E-state index >= 15 is 0 Å². The van der Waals surface area contributed by atoms with Gasteiger partial charge < -0.3 is 5.32 Å². The number of nitrogens with zero attached hydrogens (tertiary/aromatic N) is 2. The molecule has 1 aliphatic rings. The number of rotatable bonds is 4. The summed E-state index contributed by atoms with van der Waals surface area (Å²) < 4.78 is 0. The van der Waals surface area contributed by atoms with E-state index in [2.05, 4.69) is 15.6 Å². The first-order valence-corrected chi connectivity index (χ1v) is 8.66. The number of nitro benzene ring substituents is 1. The van der Waals surface area contributed by atoms with E-state index in [1.807, 2.05) is 0 Å². The first-order chi connectivity index (χ1) is 11.6. The molecule has 1 aromatic carbocycles. The van der Waals surface area contributed by atoms with Crippen molar-refractivity contribution in [2.45, 2.75) is 32.1 Å². The molecule has 0 atom stereocenters. The van der Waals surface area contributed by atoms with Crippen LogP contribution in [0.15, 0.2) is 18.2 Å². The van der Waals surface area contributed by atoms with Crippen molar-refractivity contribution in [3.05, 3.63) is 44.4 Å². The molecule has 0 saturated carbocycles. The summed E-state index contributed by atoms with van der Waals surface area (Å²) in [6.07, 6.45) is 5.43. The number of amides is 1. The van der Waals surface area contributed by atoms with Gasteiger partial charge in [-0.15, -0.1) is 11.3 Å². The highest BCUT2D eigenvalue weighted by Crippen LogP contribution is 2.30. The number of hydrogen-bond acceptors (Lipinski definition) is 6. The highest BCUT2D eigenvalue weighted by molar-refractivity contribution is 7.15. The Morgan fingerprint density at radius 3 is 2.83 bits per heavy atom. The number of hydrogen-bond donors (Lipinski definition) is 2. The van der Waals surface area contributed by atoms with Crippen molar-refractivity contribution in [1.82, 2.24) is 4.98 Å². The average molecular weight is 346 g/mol. The van der Waals surface area contributed by atoms with Crippen molar-refractivity contribution in [2.75, 3.05) is 17.7 Å². The predicted molar refractivity (Wildman–Crippen MR) is 94.0 cm³/mol. The maximum atomic E-state index is 12.5. The van der Waals surface area contributed by atoms with Gasteiger partial charge in [-0.2, -0.15) is 0 Å². The smallest absolute Gasteiger partial charge is 0.270 e. The average Bonchev–Trinajstić information content (AvgIpc) is 2.82. The molecule has 2 aromatic rings. The van der Waals surface area contributed by atoms with Gasteiger partial charge in [0.15, 0.2) is 5.13 Å². The number of benzene rings is 1. The highest BCUT2D eigenvalue weighted by Gasteiger charge is 2.19. The van der Waals surface area contributed by atoms with Crippen LogP contribution < -0.4 is 10.6 Å². The van der Waals surface area contributed by atoms with Crippen LogP contribution in [0.3, 0.4) is 0 Å². The highest BCUT2D eigenvalue weighted by atomic mass is 32.1. The Bertz CT molecular complexity index is 764. The van der Waals surface area contributed by atoms with Crippen LogP contribution in [0.5, 0.6) is 0 Å². The van der Waals surface area contributed by atoms with E-state index in [9.17, 15) is 14.9 Å². The van der Waals surface area contributed by atoms with Crippen LogP contribution >= 0.6 is 11.3 Å². The second-order valence-corrected chi connectivity index (χ2v) is 6.72. The lowest BCUT2D eigenvalue weighted by Gasteiger charge is -2.08. The van der Waals surface area contributed by atoms with Crippen molar-refractivity contribution in [3.63, 3.8) is 0 Å². The van der Waals surface area contributed by atoms with Crippen molar-refractivity contribution < 1.29 is 9.72 Å².